The summed E-state index contributed by atoms with van der Waals surface area (Å²) in [6.07, 6.45) is -3.51. The number of aromatic nitrogens is 1. The van der Waals surface area contributed by atoms with Gasteiger partial charge in [0, 0.05) is 17.5 Å². The van der Waals surface area contributed by atoms with Crippen LogP contribution in [0, 0.1) is 0 Å². The Hall–Kier alpha value is -1.68. The van der Waals surface area contributed by atoms with Gasteiger partial charge in [-0.05, 0) is 25.0 Å². The maximum atomic E-state index is 12.6. The molecule has 0 saturated carbocycles. The van der Waals surface area contributed by atoms with E-state index in [1.54, 1.807) is 5.38 Å². The summed E-state index contributed by atoms with van der Waals surface area (Å²) in [4.78, 5) is 16.4. The van der Waals surface area contributed by atoms with Crippen molar-refractivity contribution in [2.24, 2.45) is 5.73 Å². The molecule has 10 heteroatoms. The fraction of sp³-hybridized carbons (Fsp3) is 0.412. The zero-order chi connectivity index (χ0) is 18.7. The molecular weight excluding hydrogens is 403 g/mol. The Bertz CT molecular complexity index is 768. The highest BCUT2D eigenvalue weighted by atomic mass is 35.5. The Morgan fingerprint density at radius 1 is 1.30 bits per heavy atom. The summed E-state index contributed by atoms with van der Waals surface area (Å²) in [5.74, 6) is -0.204. The topological polar surface area (TPSA) is 77.2 Å². The van der Waals surface area contributed by atoms with E-state index in [1.165, 1.54) is 23.5 Å². The second kappa shape index (κ2) is 9.01. The number of alkyl halides is 3. The highest BCUT2D eigenvalue weighted by Gasteiger charge is 2.30. The lowest BCUT2D eigenvalue weighted by Crippen LogP contribution is -2.35. The van der Waals surface area contributed by atoms with Gasteiger partial charge in [0.2, 0.25) is 5.91 Å². The standard InChI is InChI=1S/C17H18F3N3O2S.ClH/c18-17(19,20)11-3-1-10(2-4-11)16-23-12(9-26-16)8-22-15(24)14-6-5-13(7-21)25-14;/h1-4,9,13-14H,5-8,21H2,(H,22,24);1H/t13-,14+;/m1./s1. The van der Waals surface area contributed by atoms with Crippen molar-refractivity contribution in [3.8, 4) is 10.6 Å². The first-order valence-corrected chi connectivity index (χ1v) is 9.00. The van der Waals surface area contributed by atoms with Crippen LogP contribution >= 0.6 is 23.7 Å². The summed E-state index contributed by atoms with van der Waals surface area (Å²) in [6.45, 7) is 0.634. The number of thiazole rings is 1. The van der Waals surface area contributed by atoms with Crippen molar-refractivity contribution in [2.75, 3.05) is 6.54 Å². The Morgan fingerprint density at radius 2 is 2.00 bits per heavy atom. The number of rotatable bonds is 5. The van der Waals surface area contributed by atoms with Gasteiger partial charge >= 0.3 is 6.18 Å². The van der Waals surface area contributed by atoms with Crippen LogP contribution in [0.15, 0.2) is 29.6 Å². The maximum absolute atomic E-state index is 12.6. The number of carbonyl (C=O) groups is 1. The van der Waals surface area contributed by atoms with Crippen LogP contribution in [-0.4, -0.2) is 29.6 Å². The Morgan fingerprint density at radius 3 is 2.59 bits per heavy atom. The third-order valence-corrected chi connectivity index (χ3v) is 5.06. The summed E-state index contributed by atoms with van der Waals surface area (Å²) in [7, 11) is 0. The normalized spacial score (nSPS) is 19.6. The van der Waals surface area contributed by atoms with Crippen molar-refractivity contribution in [3.05, 3.63) is 40.9 Å². The molecule has 1 saturated heterocycles. The molecule has 1 aliphatic rings. The fourth-order valence-corrected chi connectivity index (χ4v) is 3.51. The smallest absolute Gasteiger partial charge is 0.364 e. The Labute approximate surface area is 164 Å². The van der Waals surface area contributed by atoms with E-state index in [0.717, 1.165) is 18.6 Å². The molecule has 3 N–H and O–H groups in total. The Balaban J connectivity index is 0.00000261. The van der Waals surface area contributed by atoms with Crippen LogP contribution < -0.4 is 11.1 Å². The van der Waals surface area contributed by atoms with Crippen molar-refractivity contribution >= 4 is 29.7 Å². The molecule has 1 aromatic carbocycles. The molecule has 5 nitrogen and oxygen atoms in total. The number of hydrogen-bond donors (Lipinski definition) is 2. The molecular formula is C17H19ClF3N3O2S. The van der Waals surface area contributed by atoms with Crippen LogP contribution in [0.5, 0.6) is 0 Å². The largest absolute Gasteiger partial charge is 0.416 e. The third kappa shape index (κ3) is 5.41. The van der Waals surface area contributed by atoms with Gasteiger partial charge in [-0.15, -0.1) is 23.7 Å². The number of halogens is 4. The quantitative estimate of drug-likeness (QED) is 0.776. The van der Waals surface area contributed by atoms with E-state index in [0.29, 0.717) is 29.2 Å². The van der Waals surface area contributed by atoms with E-state index in [9.17, 15) is 18.0 Å². The van der Waals surface area contributed by atoms with Gasteiger partial charge in [-0.25, -0.2) is 4.98 Å². The summed E-state index contributed by atoms with van der Waals surface area (Å²) in [6, 6.07) is 4.85. The van der Waals surface area contributed by atoms with Crippen molar-refractivity contribution < 1.29 is 22.7 Å². The van der Waals surface area contributed by atoms with Gasteiger partial charge in [0.1, 0.15) is 11.1 Å². The van der Waals surface area contributed by atoms with Gasteiger partial charge in [-0.1, -0.05) is 12.1 Å². The molecule has 1 fully saturated rings. The van der Waals surface area contributed by atoms with Gasteiger partial charge in [0.25, 0.3) is 0 Å². The average molecular weight is 422 g/mol. The number of amides is 1. The highest BCUT2D eigenvalue weighted by molar-refractivity contribution is 7.13. The summed E-state index contributed by atoms with van der Waals surface area (Å²) in [5.41, 5.74) is 6.08. The van der Waals surface area contributed by atoms with E-state index in [-0.39, 0.29) is 31.0 Å². The van der Waals surface area contributed by atoms with Crippen LogP contribution in [0.2, 0.25) is 0 Å². The van der Waals surface area contributed by atoms with E-state index in [2.05, 4.69) is 10.3 Å². The van der Waals surface area contributed by atoms with Crippen LogP contribution in [0.1, 0.15) is 24.1 Å². The van der Waals surface area contributed by atoms with Crippen LogP contribution in [0.4, 0.5) is 13.2 Å². The lowest BCUT2D eigenvalue weighted by atomic mass is 10.1. The molecule has 2 aromatic rings. The predicted octanol–water partition coefficient (Wildman–Crippen LogP) is 3.37. The molecule has 1 amide bonds. The average Bonchev–Trinajstić information content (AvgIpc) is 3.28. The first-order chi connectivity index (χ1) is 12.4. The lowest BCUT2D eigenvalue weighted by molar-refractivity contribution is -0.137. The van der Waals surface area contributed by atoms with Gasteiger partial charge in [-0.3, -0.25) is 4.79 Å². The van der Waals surface area contributed by atoms with E-state index in [4.69, 9.17) is 10.5 Å². The van der Waals surface area contributed by atoms with Crippen molar-refractivity contribution in [1.82, 2.24) is 10.3 Å². The number of hydrogen-bond acceptors (Lipinski definition) is 5. The van der Waals surface area contributed by atoms with Gasteiger partial charge in [-0.2, -0.15) is 13.2 Å². The molecule has 1 aromatic heterocycles. The number of carbonyl (C=O) groups excluding carboxylic acids is 1. The van der Waals surface area contributed by atoms with Crippen molar-refractivity contribution in [2.45, 2.75) is 37.8 Å². The number of nitrogens with zero attached hydrogens (tertiary/aromatic N) is 1. The number of nitrogens with one attached hydrogen (secondary N) is 1. The SMILES string of the molecule is Cl.NC[C@H]1CC[C@@H](C(=O)NCc2csc(-c3ccc(C(F)(F)F)cc3)n2)O1. The summed E-state index contributed by atoms with van der Waals surface area (Å²) in [5, 5.41) is 5.14. The number of nitrogens with two attached hydrogens (primary N) is 1. The Kier molecular flexibility index (Phi) is 7.21. The minimum absolute atomic E-state index is 0. The molecule has 27 heavy (non-hydrogen) atoms. The molecule has 0 spiro atoms. The molecule has 1 aliphatic heterocycles. The molecule has 2 heterocycles. The van der Waals surface area contributed by atoms with Crippen molar-refractivity contribution in [1.29, 1.82) is 0 Å². The first kappa shape index (κ1) is 21.6. The monoisotopic (exact) mass is 421 g/mol. The molecule has 0 bridgehead atoms. The summed E-state index contributed by atoms with van der Waals surface area (Å²) >= 11 is 1.31. The highest BCUT2D eigenvalue weighted by Crippen LogP contribution is 2.31. The van der Waals surface area contributed by atoms with Crippen molar-refractivity contribution in [3.63, 3.8) is 0 Å². The molecule has 3 rings (SSSR count). The number of ether oxygens (including phenoxy) is 1. The second-order valence-corrected chi connectivity index (χ2v) is 6.85. The van der Waals surface area contributed by atoms with Crippen LogP contribution in [-0.2, 0) is 22.3 Å². The van der Waals surface area contributed by atoms with Gasteiger partial charge in [0.15, 0.2) is 0 Å². The molecule has 2 atom stereocenters. The molecule has 148 valence electrons. The summed E-state index contributed by atoms with van der Waals surface area (Å²) < 4.78 is 43.3. The van der Waals surface area contributed by atoms with Gasteiger partial charge < -0.3 is 15.8 Å². The third-order valence-electron chi connectivity index (χ3n) is 4.12. The van der Waals surface area contributed by atoms with E-state index >= 15 is 0 Å². The van der Waals surface area contributed by atoms with Crippen LogP contribution in [0.25, 0.3) is 10.6 Å². The predicted molar refractivity (Wildman–Crippen MR) is 98.6 cm³/mol. The zero-order valence-corrected chi connectivity index (χ0v) is 15.8. The second-order valence-electron chi connectivity index (χ2n) is 6.00. The number of benzene rings is 1. The first-order valence-electron chi connectivity index (χ1n) is 8.12. The van der Waals surface area contributed by atoms with Crippen LogP contribution in [0.3, 0.4) is 0 Å². The minimum atomic E-state index is -4.36. The zero-order valence-electron chi connectivity index (χ0n) is 14.2. The lowest BCUT2D eigenvalue weighted by Gasteiger charge is -2.11. The maximum Gasteiger partial charge on any atom is 0.416 e. The molecule has 0 aliphatic carbocycles. The van der Waals surface area contributed by atoms with E-state index in [1.807, 2.05) is 0 Å². The fourth-order valence-electron chi connectivity index (χ4n) is 2.69. The molecule has 0 radical (unpaired) electrons. The van der Waals surface area contributed by atoms with E-state index < -0.39 is 17.8 Å². The van der Waals surface area contributed by atoms with Gasteiger partial charge in [0.05, 0.1) is 23.9 Å². The molecule has 0 unspecified atom stereocenters. The minimum Gasteiger partial charge on any atom is -0.364 e.